The van der Waals surface area contributed by atoms with Crippen molar-refractivity contribution in [3.63, 3.8) is 0 Å². The smallest absolute Gasteiger partial charge is 0.277 e. The SMILES string of the molecule is CCCCc1ccc([C@H]([NH2+][C@H](C)C(=O)NC)c2cccs2)cc1. The van der Waals surface area contributed by atoms with Gasteiger partial charge in [-0.3, -0.25) is 4.79 Å². The van der Waals surface area contributed by atoms with Crippen LogP contribution < -0.4 is 10.6 Å². The number of aryl methyl sites for hydroxylation is 1. The molecule has 2 atom stereocenters. The number of nitrogens with two attached hydrogens (primary N) is 1. The second kappa shape index (κ2) is 8.85. The molecule has 1 aromatic carbocycles. The van der Waals surface area contributed by atoms with Crippen LogP contribution in [0.4, 0.5) is 0 Å². The molecular weight excluding hydrogens is 304 g/mol. The summed E-state index contributed by atoms with van der Waals surface area (Å²) in [4.78, 5) is 13.2. The molecule has 3 nitrogen and oxygen atoms in total. The van der Waals surface area contributed by atoms with Crippen LogP contribution in [0.25, 0.3) is 0 Å². The molecule has 0 aliphatic rings. The monoisotopic (exact) mass is 331 g/mol. The van der Waals surface area contributed by atoms with Gasteiger partial charge < -0.3 is 10.6 Å². The van der Waals surface area contributed by atoms with Crippen LogP contribution in [-0.4, -0.2) is 19.0 Å². The first-order chi connectivity index (χ1) is 11.2. The van der Waals surface area contributed by atoms with Crippen molar-refractivity contribution in [2.24, 2.45) is 0 Å². The molecule has 0 aliphatic heterocycles. The van der Waals surface area contributed by atoms with E-state index >= 15 is 0 Å². The summed E-state index contributed by atoms with van der Waals surface area (Å²) in [7, 11) is 1.69. The molecule has 3 N–H and O–H groups in total. The third kappa shape index (κ3) is 4.91. The molecule has 2 aromatic rings. The second-order valence-electron chi connectivity index (χ2n) is 5.93. The Balaban J connectivity index is 2.18. The summed E-state index contributed by atoms with van der Waals surface area (Å²) in [6, 6.07) is 13.1. The predicted octanol–water partition coefficient (Wildman–Crippen LogP) is 2.88. The van der Waals surface area contributed by atoms with E-state index in [2.05, 4.69) is 59.3 Å². The number of likely N-dealkylation sites (N-methyl/N-ethyl adjacent to an activating group) is 1. The van der Waals surface area contributed by atoms with E-state index in [1.807, 2.05) is 6.92 Å². The van der Waals surface area contributed by atoms with E-state index < -0.39 is 0 Å². The van der Waals surface area contributed by atoms with Gasteiger partial charge in [0.15, 0.2) is 6.04 Å². The molecular formula is C19H27N2OS+. The van der Waals surface area contributed by atoms with Crippen molar-refractivity contribution in [2.75, 3.05) is 7.05 Å². The zero-order chi connectivity index (χ0) is 16.7. The van der Waals surface area contributed by atoms with Crippen molar-refractivity contribution in [3.05, 3.63) is 57.8 Å². The van der Waals surface area contributed by atoms with Gasteiger partial charge in [0.25, 0.3) is 5.91 Å². The van der Waals surface area contributed by atoms with Gasteiger partial charge in [0.2, 0.25) is 0 Å². The maximum absolute atomic E-state index is 11.9. The molecule has 0 aliphatic carbocycles. The van der Waals surface area contributed by atoms with Crippen molar-refractivity contribution in [2.45, 2.75) is 45.2 Å². The van der Waals surface area contributed by atoms with Gasteiger partial charge in [-0.1, -0.05) is 43.7 Å². The van der Waals surface area contributed by atoms with Crippen LogP contribution in [0.3, 0.4) is 0 Å². The first-order valence-electron chi connectivity index (χ1n) is 8.34. The molecule has 0 spiro atoms. The van der Waals surface area contributed by atoms with Gasteiger partial charge in [-0.15, -0.1) is 11.3 Å². The average Bonchev–Trinajstić information content (AvgIpc) is 3.11. The molecule has 0 unspecified atom stereocenters. The van der Waals surface area contributed by atoms with Gasteiger partial charge in [0.1, 0.15) is 6.04 Å². The van der Waals surface area contributed by atoms with E-state index in [-0.39, 0.29) is 18.0 Å². The van der Waals surface area contributed by atoms with Crippen LogP contribution in [0.15, 0.2) is 41.8 Å². The number of rotatable bonds is 8. The molecule has 4 heteroatoms. The fraction of sp³-hybridized carbons (Fsp3) is 0.421. The molecule has 1 amide bonds. The minimum Gasteiger partial charge on any atom is -0.354 e. The number of quaternary nitrogens is 1. The van der Waals surface area contributed by atoms with Crippen molar-refractivity contribution < 1.29 is 10.1 Å². The lowest BCUT2D eigenvalue weighted by Gasteiger charge is -2.19. The van der Waals surface area contributed by atoms with Crippen molar-refractivity contribution in [1.82, 2.24) is 5.32 Å². The Morgan fingerprint density at radius 2 is 2.00 bits per heavy atom. The van der Waals surface area contributed by atoms with Gasteiger partial charge in [-0.05, 0) is 36.8 Å². The molecule has 23 heavy (non-hydrogen) atoms. The number of hydrogen-bond donors (Lipinski definition) is 2. The van der Waals surface area contributed by atoms with Gasteiger partial charge in [0, 0.05) is 12.6 Å². The summed E-state index contributed by atoms with van der Waals surface area (Å²) in [6.45, 7) is 4.17. The minimum absolute atomic E-state index is 0.0612. The number of carbonyl (C=O) groups excluding carboxylic acids is 1. The van der Waals surface area contributed by atoms with Crippen molar-refractivity contribution in [1.29, 1.82) is 0 Å². The van der Waals surface area contributed by atoms with Gasteiger partial charge in [-0.2, -0.15) is 0 Å². The Kier molecular flexibility index (Phi) is 6.81. The molecule has 1 aromatic heterocycles. The fourth-order valence-corrected chi connectivity index (χ4v) is 3.55. The topological polar surface area (TPSA) is 45.7 Å². The Bertz CT molecular complexity index is 592. The number of thiophene rings is 1. The first-order valence-corrected chi connectivity index (χ1v) is 9.22. The largest absolute Gasteiger partial charge is 0.354 e. The Morgan fingerprint density at radius 3 is 2.57 bits per heavy atom. The van der Waals surface area contributed by atoms with Crippen LogP contribution in [-0.2, 0) is 11.2 Å². The van der Waals surface area contributed by atoms with Crippen molar-refractivity contribution >= 4 is 17.2 Å². The highest BCUT2D eigenvalue weighted by molar-refractivity contribution is 7.10. The van der Waals surface area contributed by atoms with Crippen LogP contribution in [0.5, 0.6) is 0 Å². The maximum Gasteiger partial charge on any atom is 0.277 e. The summed E-state index contributed by atoms with van der Waals surface area (Å²) in [5.41, 5.74) is 2.64. The first kappa shape index (κ1) is 17.7. The molecule has 2 rings (SSSR count). The number of nitrogens with one attached hydrogen (secondary N) is 1. The highest BCUT2D eigenvalue weighted by Gasteiger charge is 2.24. The van der Waals surface area contributed by atoms with E-state index in [0.29, 0.717) is 0 Å². The number of amides is 1. The lowest BCUT2D eigenvalue weighted by Crippen LogP contribution is -2.92. The molecule has 0 bridgehead atoms. The van der Waals surface area contributed by atoms with Crippen LogP contribution >= 0.6 is 11.3 Å². The van der Waals surface area contributed by atoms with Crippen LogP contribution in [0.2, 0.25) is 0 Å². The third-order valence-electron chi connectivity index (χ3n) is 4.15. The van der Waals surface area contributed by atoms with Gasteiger partial charge >= 0.3 is 0 Å². The standard InChI is InChI=1S/C19H26N2OS/c1-4-5-7-15-9-11-16(12-10-15)18(17-8-6-13-23-17)21-14(2)19(22)20-3/h6,8-14,18,21H,4-5,7H2,1-3H3,(H,20,22)/p+1/t14-,18+/m1/s1. The predicted molar refractivity (Wildman–Crippen MR) is 96.7 cm³/mol. The second-order valence-corrected chi connectivity index (χ2v) is 6.91. The number of unbranched alkanes of at least 4 members (excludes halogenated alkanes) is 1. The summed E-state index contributed by atoms with van der Waals surface area (Å²) in [5.74, 6) is 0.0612. The molecule has 124 valence electrons. The molecule has 0 radical (unpaired) electrons. The number of hydrogen-bond acceptors (Lipinski definition) is 2. The summed E-state index contributed by atoms with van der Waals surface area (Å²) >= 11 is 1.74. The third-order valence-corrected chi connectivity index (χ3v) is 5.10. The van der Waals surface area contributed by atoms with E-state index in [1.165, 1.54) is 28.8 Å². The quantitative estimate of drug-likeness (QED) is 0.767. The normalized spacial score (nSPS) is 13.5. The van der Waals surface area contributed by atoms with Crippen molar-refractivity contribution in [3.8, 4) is 0 Å². The van der Waals surface area contributed by atoms with Crippen LogP contribution in [0, 0.1) is 0 Å². The van der Waals surface area contributed by atoms with E-state index in [0.717, 1.165) is 6.42 Å². The number of benzene rings is 1. The summed E-state index contributed by atoms with van der Waals surface area (Å²) < 4.78 is 0. The Morgan fingerprint density at radius 1 is 1.26 bits per heavy atom. The Hall–Kier alpha value is -1.65. The van der Waals surface area contributed by atoms with E-state index in [9.17, 15) is 4.79 Å². The summed E-state index contributed by atoms with van der Waals surface area (Å²) in [6.07, 6.45) is 3.59. The van der Waals surface area contributed by atoms with Crippen LogP contribution in [0.1, 0.15) is 48.7 Å². The highest BCUT2D eigenvalue weighted by Crippen LogP contribution is 2.23. The lowest BCUT2D eigenvalue weighted by atomic mass is 10.0. The Labute approximate surface area is 143 Å². The summed E-state index contributed by atoms with van der Waals surface area (Å²) in [5, 5.41) is 6.97. The van der Waals surface area contributed by atoms with E-state index in [1.54, 1.807) is 18.4 Å². The highest BCUT2D eigenvalue weighted by atomic mass is 32.1. The fourth-order valence-electron chi connectivity index (χ4n) is 2.71. The van der Waals surface area contributed by atoms with E-state index in [4.69, 9.17) is 0 Å². The zero-order valence-corrected chi connectivity index (χ0v) is 15.0. The molecule has 0 saturated carbocycles. The molecule has 0 fully saturated rings. The zero-order valence-electron chi connectivity index (χ0n) is 14.2. The van der Waals surface area contributed by atoms with Gasteiger partial charge in [0.05, 0.1) is 4.88 Å². The average molecular weight is 332 g/mol. The maximum atomic E-state index is 11.9. The molecule has 0 saturated heterocycles. The minimum atomic E-state index is -0.119. The lowest BCUT2D eigenvalue weighted by molar-refractivity contribution is -0.704. The molecule has 1 heterocycles. The number of carbonyl (C=O) groups is 1. The van der Waals surface area contributed by atoms with Gasteiger partial charge in [-0.25, -0.2) is 0 Å².